The fourth-order valence-corrected chi connectivity index (χ4v) is 2.14. The zero-order valence-corrected chi connectivity index (χ0v) is 13.8. The second-order valence-corrected chi connectivity index (χ2v) is 5.47. The molecule has 2 rings (SSSR count). The maximum absolute atomic E-state index is 12.8. The summed E-state index contributed by atoms with van der Waals surface area (Å²) in [6.45, 7) is -0.332. The number of hydrazine groups is 1. The van der Waals surface area contributed by atoms with Crippen molar-refractivity contribution in [1.29, 1.82) is 0 Å². The predicted octanol–water partition coefficient (Wildman–Crippen LogP) is 1.60. The van der Waals surface area contributed by atoms with Crippen molar-refractivity contribution in [3.63, 3.8) is 0 Å². The highest BCUT2D eigenvalue weighted by Crippen LogP contribution is 2.14. The molecule has 0 aliphatic rings. The van der Waals surface area contributed by atoms with Crippen LogP contribution in [0.1, 0.15) is 15.9 Å². The fourth-order valence-electron chi connectivity index (χ4n) is 1.92. The third-order valence-corrected chi connectivity index (χ3v) is 3.48. The Morgan fingerprint density at radius 3 is 2.24 bits per heavy atom. The summed E-state index contributed by atoms with van der Waals surface area (Å²) in [5.74, 6) is -1.98. The van der Waals surface area contributed by atoms with E-state index in [9.17, 15) is 18.8 Å². The molecular weight excluding hydrogens is 349 g/mol. The van der Waals surface area contributed by atoms with E-state index in [1.165, 1.54) is 30.3 Å². The van der Waals surface area contributed by atoms with Crippen LogP contribution >= 0.6 is 11.6 Å². The summed E-state index contributed by atoms with van der Waals surface area (Å²) < 4.78 is 12.8. The van der Waals surface area contributed by atoms with E-state index in [1.54, 1.807) is 18.2 Å². The Morgan fingerprint density at radius 2 is 1.56 bits per heavy atom. The minimum Gasteiger partial charge on any atom is -0.343 e. The Labute approximate surface area is 148 Å². The number of rotatable bonds is 5. The molecule has 8 heteroatoms. The zero-order chi connectivity index (χ0) is 18.2. The molecule has 3 amide bonds. The van der Waals surface area contributed by atoms with Crippen molar-refractivity contribution in [3.05, 3.63) is 70.5 Å². The molecule has 0 aromatic heterocycles. The Hall–Kier alpha value is -2.93. The van der Waals surface area contributed by atoms with E-state index in [1.807, 2.05) is 0 Å². The van der Waals surface area contributed by atoms with Crippen molar-refractivity contribution < 1.29 is 18.8 Å². The monoisotopic (exact) mass is 363 g/mol. The first kappa shape index (κ1) is 18.4. The first-order valence-electron chi connectivity index (χ1n) is 7.30. The second kappa shape index (κ2) is 8.79. The van der Waals surface area contributed by atoms with Gasteiger partial charge in [0.25, 0.3) is 11.8 Å². The van der Waals surface area contributed by atoms with E-state index in [2.05, 4.69) is 16.2 Å². The van der Waals surface area contributed by atoms with Crippen LogP contribution in [0, 0.1) is 5.82 Å². The van der Waals surface area contributed by atoms with Crippen LogP contribution in [0.15, 0.2) is 48.5 Å². The average Bonchev–Trinajstić information content (AvgIpc) is 2.60. The molecule has 0 saturated heterocycles. The number of hydrogen-bond acceptors (Lipinski definition) is 3. The maximum atomic E-state index is 12.8. The highest BCUT2D eigenvalue weighted by molar-refractivity contribution is 6.33. The number of carbonyl (C=O) groups is 3. The van der Waals surface area contributed by atoms with Crippen LogP contribution < -0.4 is 16.2 Å². The Kier molecular flexibility index (Phi) is 6.47. The van der Waals surface area contributed by atoms with Gasteiger partial charge in [-0.1, -0.05) is 35.9 Å². The molecule has 0 aliphatic carbocycles. The average molecular weight is 364 g/mol. The summed E-state index contributed by atoms with van der Waals surface area (Å²) >= 11 is 5.88. The van der Waals surface area contributed by atoms with Gasteiger partial charge in [-0.25, -0.2) is 4.39 Å². The summed E-state index contributed by atoms with van der Waals surface area (Å²) in [7, 11) is 0. The first-order chi connectivity index (χ1) is 12.0. The van der Waals surface area contributed by atoms with Crippen LogP contribution in [0.25, 0.3) is 0 Å². The first-order valence-corrected chi connectivity index (χ1v) is 7.68. The molecule has 0 saturated carbocycles. The van der Waals surface area contributed by atoms with Crippen molar-refractivity contribution in [1.82, 2.24) is 16.2 Å². The van der Waals surface area contributed by atoms with E-state index in [-0.39, 0.29) is 23.6 Å². The molecule has 6 nitrogen and oxygen atoms in total. The lowest BCUT2D eigenvalue weighted by Crippen LogP contribution is -2.46. The lowest BCUT2D eigenvalue weighted by molar-refractivity contribution is -0.128. The number of benzene rings is 2. The quantitative estimate of drug-likeness (QED) is 0.705. The van der Waals surface area contributed by atoms with Crippen LogP contribution in [0.4, 0.5) is 4.39 Å². The van der Waals surface area contributed by atoms with Crippen LogP contribution in [-0.2, 0) is 16.0 Å². The Bertz CT molecular complexity index is 781. The molecule has 2 aromatic carbocycles. The summed E-state index contributed by atoms with van der Waals surface area (Å²) in [6.07, 6.45) is -0.0213. The van der Waals surface area contributed by atoms with E-state index < -0.39 is 23.5 Å². The Balaban J connectivity index is 1.73. The highest BCUT2D eigenvalue weighted by atomic mass is 35.5. The van der Waals surface area contributed by atoms with Crippen LogP contribution in [0.5, 0.6) is 0 Å². The number of hydrogen-bond donors (Lipinski definition) is 3. The number of halogens is 2. The van der Waals surface area contributed by atoms with Crippen LogP contribution in [-0.4, -0.2) is 24.3 Å². The second-order valence-electron chi connectivity index (χ2n) is 5.06. The van der Waals surface area contributed by atoms with Gasteiger partial charge in [0.05, 0.1) is 23.6 Å². The van der Waals surface area contributed by atoms with Crippen molar-refractivity contribution in [3.8, 4) is 0 Å². The molecule has 0 radical (unpaired) electrons. The fraction of sp³-hybridized carbons (Fsp3) is 0.118. The topological polar surface area (TPSA) is 87.3 Å². The van der Waals surface area contributed by atoms with Gasteiger partial charge < -0.3 is 5.32 Å². The third-order valence-electron chi connectivity index (χ3n) is 3.15. The van der Waals surface area contributed by atoms with Crippen molar-refractivity contribution >= 4 is 29.3 Å². The van der Waals surface area contributed by atoms with Gasteiger partial charge in [-0.05, 0) is 29.8 Å². The lowest BCUT2D eigenvalue weighted by atomic mass is 10.1. The molecule has 0 spiro atoms. The molecule has 0 atom stereocenters. The van der Waals surface area contributed by atoms with Gasteiger partial charge in [0.2, 0.25) is 5.91 Å². The van der Waals surface area contributed by atoms with Gasteiger partial charge in [0.15, 0.2) is 0 Å². The molecular formula is C17H15ClFN3O3. The molecule has 0 bridgehead atoms. The zero-order valence-electron chi connectivity index (χ0n) is 13.0. The minimum absolute atomic E-state index is 0.0213. The van der Waals surface area contributed by atoms with Crippen molar-refractivity contribution in [2.24, 2.45) is 0 Å². The van der Waals surface area contributed by atoms with E-state index in [4.69, 9.17) is 11.6 Å². The smallest absolute Gasteiger partial charge is 0.257 e. The molecule has 0 heterocycles. The van der Waals surface area contributed by atoms with Crippen molar-refractivity contribution in [2.45, 2.75) is 6.42 Å². The van der Waals surface area contributed by atoms with Crippen LogP contribution in [0.3, 0.4) is 0 Å². The van der Waals surface area contributed by atoms with E-state index in [0.717, 1.165) is 0 Å². The minimum atomic E-state index is -0.604. The van der Waals surface area contributed by atoms with Crippen molar-refractivity contribution in [2.75, 3.05) is 6.54 Å². The van der Waals surface area contributed by atoms with Gasteiger partial charge in [0.1, 0.15) is 5.82 Å². The van der Waals surface area contributed by atoms with Gasteiger partial charge in [-0.2, -0.15) is 0 Å². The summed E-state index contributed by atoms with van der Waals surface area (Å²) in [5.41, 5.74) is 5.23. The lowest BCUT2D eigenvalue weighted by Gasteiger charge is -2.09. The van der Waals surface area contributed by atoms with E-state index in [0.29, 0.717) is 5.56 Å². The third kappa shape index (κ3) is 5.89. The summed E-state index contributed by atoms with van der Waals surface area (Å²) in [4.78, 5) is 35.2. The van der Waals surface area contributed by atoms with Gasteiger partial charge >= 0.3 is 0 Å². The van der Waals surface area contributed by atoms with Gasteiger partial charge in [-0.15, -0.1) is 0 Å². The number of carbonyl (C=O) groups excluding carboxylic acids is 3. The SMILES string of the molecule is O=C(CNC(=O)c1ccccc1Cl)NNC(=O)Cc1ccc(F)cc1. The molecule has 3 N–H and O–H groups in total. The Morgan fingerprint density at radius 1 is 0.920 bits per heavy atom. The molecule has 0 fully saturated rings. The number of nitrogens with one attached hydrogen (secondary N) is 3. The predicted molar refractivity (Wildman–Crippen MR) is 90.2 cm³/mol. The summed E-state index contributed by atoms with van der Waals surface area (Å²) in [6, 6.07) is 11.9. The molecule has 130 valence electrons. The normalized spacial score (nSPS) is 10.0. The summed E-state index contributed by atoms with van der Waals surface area (Å²) in [5, 5.41) is 2.66. The molecule has 2 aromatic rings. The largest absolute Gasteiger partial charge is 0.343 e. The van der Waals surface area contributed by atoms with Crippen LogP contribution in [0.2, 0.25) is 5.02 Å². The standard InChI is InChI=1S/C17H15ClFN3O3/c18-14-4-2-1-3-13(14)17(25)20-10-16(24)22-21-15(23)9-11-5-7-12(19)8-6-11/h1-8H,9-10H2,(H,20,25)(H,21,23)(H,22,24). The molecule has 0 aliphatic heterocycles. The van der Waals surface area contributed by atoms with Gasteiger partial charge in [0, 0.05) is 0 Å². The van der Waals surface area contributed by atoms with Gasteiger partial charge in [-0.3, -0.25) is 25.2 Å². The maximum Gasteiger partial charge on any atom is 0.257 e. The number of amides is 3. The van der Waals surface area contributed by atoms with E-state index >= 15 is 0 Å². The molecule has 0 unspecified atom stereocenters. The molecule has 25 heavy (non-hydrogen) atoms. The highest BCUT2D eigenvalue weighted by Gasteiger charge is 2.11.